The molecule has 1 unspecified atom stereocenters. The number of carbonyl (C=O) groups is 1. The maximum atomic E-state index is 12.5. The van der Waals surface area contributed by atoms with Crippen molar-refractivity contribution in [1.29, 1.82) is 0 Å². The number of anilines is 2. The highest BCUT2D eigenvalue weighted by Gasteiger charge is 2.25. The van der Waals surface area contributed by atoms with E-state index in [1.165, 1.54) is 5.56 Å². The Hall–Kier alpha value is -3.87. The van der Waals surface area contributed by atoms with Gasteiger partial charge in [-0.3, -0.25) is 9.59 Å². The fourth-order valence-corrected chi connectivity index (χ4v) is 3.82. The summed E-state index contributed by atoms with van der Waals surface area (Å²) < 4.78 is 0. The van der Waals surface area contributed by atoms with Crippen molar-refractivity contribution in [2.75, 3.05) is 30.8 Å². The van der Waals surface area contributed by atoms with E-state index in [2.05, 4.69) is 20.6 Å². The normalized spacial score (nSPS) is 15.8. The second-order valence-corrected chi connectivity index (χ2v) is 7.82. The summed E-state index contributed by atoms with van der Waals surface area (Å²) in [7, 11) is 1.82. The first kappa shape index (κ1) is 21.4. The predicted molar refractivity (Wildman–Crippen MR) is 128 cm³/mol. The molecule has 0 spiro atoms. The van der Waals surface area contributed by atoms with Gasteiger partial charge in [-0.1, -0.05) is 36.4 Å². The van der Waals surface area contributed by atoms with Crippen molar-refractivity contribution in [3.8, 4) is 11.1 Å². The fraction of sp³-hybridized carbons (Fsp3) is 0.240. The Morgan fingerprint density at radius 1 is 1.22 bits per heavy atom. The molecule has 0 radical (unpaired) electrons. The molecule has 0 aliphatic carbocycles. The average Bonchev–Trinajstić information content (AvgIpc) is 3.30. The van der Waals surface area contributed by atoms with Crippen LogP contribution in [0.25, 0.3) is 11.1 Å². The van der Waals surface area contributed by atoms with Crippen LogP contribution in [0.3, 0.4) is 0 Å². The lowest BCUT2D eigenvalue weighted by molar-refractivity contribution is -0.125. The maximum Gasteiger partial charge on any atom is 0.271 e. The van der Waals surface area contributed by atoms with Gasteiger partial charge in [0, 0.05) is 44.1 Å². The molecule has 1 aromatic carbocycles. The molecule has 2 aromatic heterocycles. The lowest BCUT2D eigenvalue weighted by atomic mass is 10.1. The molecular weight excluding hydrogens is 402 g/mol. The van der Waals surface area contributed by atoms with Crippen LogP contribution in [0, 0.1) is 0 Å². The summed E-state index contributed by atoms with van der Waals surface area (Å²) in [6.45, 7) is 1.23. The molecule has 1 fully saturated rings. The highest BCUT2D eigenvalue weighted by atomic mass is 16.2. The van der Waals surface area contributed by atoms with Crippen molar-refractivity contribution in [3.05, 3.63) is 89.0 Å². The molecule has 4 rings (SSSR count). The molecule has 7 nitrogen and oxygen atoms in total. The summed E-state index contributed by atoms with van der Waals surface area (Å²) in [5.74, 6) is 0.762. The average molecular weight is 430 g/mol. The van der Waals surface area contributed by atoms with Gasteiger partial charge in [0.05, 0.1) is 0 Å². The number of pyridine rings is 2. The molecule has 1 amide bonds. The zero-order chi connectivity index (χ0) is 22.3. The Morgan fingerprint density at radius 3 is 2.88 bits per heavy atom. The van der Waals surface area contributed by atoms with Crippen LogP contribution in [0.1, 0.15) is 12.0 Å². The summed E-state index contributed by atoms with van der Waals surface area (Å²) in [4.78, 5) is 33.8. The van der Waals surface area contributed by atoms with Crippen LogP contribution in [-0.4, -0.2) is 47.0 Å². The number of aromatic nitrogens is 2. The van der Waals surface area contributed by atoms with E-state index in [4.69, 9.17) is 0 Å². The fourth-order valence-electron chi connectivity index (χ4n) is 3.82. The molecule has 3 N–H and O–H groups in total. The van der Waals surface area contributed by atoms with Crippen LogP contribution in [0.4, 0.5) is 11.5 Å². The molecule has 1 aliphatic rings. The Morgan fingerprint density at radius 2 is 2.06 bits per heavy atom. The number of nitrogens with one attached hydrogen (secondary N) is 3. The number of benzene rings is 1. The third-order valence-electron chi connectivity index (χ3n) is 5.57. The number of hydrogen-bond donors (Lipinski definition) is 3. The zero-order valence-corrected chi connectivity index (χ0v) is 18.0. The number of carbonyl (C=O) groups excluding carboxylic acids is 1. The van der Waals surface area contributed by atoms with Gasteiger partial charge < -0.3 is 20.5 Å². The lowest BCUT2D eigenvalue weighted by Gasteiger charge is -2.16. The van der Waals surface area contributed by atoms with Gasteiger partial charge in [-0.2, -0.15) is 0 Å². The summed E-state index contributed by atoms with van der Waals surface area (Å²) in [5.41, 5.74) is 3.34. The zero-order valence-electron chi connectivity index (χ0n) is 18.0. The third-order valence-corrected chi connectivity index (χ3v) is 5.57. The number of likely N-dealkylation sites (tertiary alicyclic amines) is 1. The van der Waals surface area contributed by atoms with Crippen molar-refractivity contribution in [3.63, 3.8) is 0 Å². The Balaban J connectivity index is 1.38. The van der Waals surface area contributed by atoms with Crippen LogP contribution < -0.4 is 16.2 Å². The van der Waals surface area contributed by atoms with Crippen molar-refractivity contribution < 1.29 is 4.79 Å². The quantitative estimate of drug-likeness (QED) is 0.502. The van der Waals surface area contributed by atoms with E-state index in [1.807, 2.05) is 66.6 Å². The lowest BCUT2D eigenvalue weighted by Crippen LogP contribution is -2.31. The topological polar surface area (TPSA) is 90.1 Å². The molecule has 1 saturated heterocycles. The first-order chi connectivity index (χ1) is 15.6. The van der Waals surface area contributed by atoms with Crippen molar-refractivity contribution in [2.24, 2.45) is 0 Å². The number of H-pyrrole nitrogens is 1. The van der Waals surface area contributed by atoms with Gasteiger partial charge >= 0.3 is 0 Å². The van der Waals surface area contributed by atoms with E-state index < -0.39 is 0 Å². The first-order valence-corrected chi connectivity index (χ1v) is 10.7. The van der Waals surface area contributed by atoms with E-state index in [0.717, 1.165) is 29.8 Å². The van der Waals surface area contributed by atoms with Gasteiger partial charge in [0.1, 0.15) is 11.5 Å². The van der Waals surface area contributed by atoms with E-state index >= 15 is 0 Å². The summed E-state index contributed by atoms with van der Waals surface area (Å²) in [6, 6.07) is 15.8. The van der Waals surface area contributed by atoms with E-state index in [9.17, 15) is 9.59 Å². The standard InChI is InChI=1S/C25H27N5O2/c1-26-23-15-19(10-12-27-23)20-14-22(25(32)28-16-20)29-21-11-13-30(17-21)24(31)9-5-8-18-6-3-2-4-7-18/h2-7,9-10,12,14-16,21,29H,8,11,13,17H2,1H3,(H,26,27)(H,28,32)/b9-5+. The van der Waals surface area contributed by atoms with Gasteiger partial charge in [-0.15, -0.1) is 0 Å². The summed E-state index contributed by atoms with van der Waals surface area (Å²) in [5, 5.41) is 6.34. The van der Waals surface area contributed by atoms with Gasteiger partial charge in [0.15, 0.2) is 0 Å². The molecule has 3 aromatic rings. The third kappa shape index (κ3) is 5.24. The number of nitrogens with zero attached hydrogens (tertiary/aromatic N) is 2. The largest absolute Gasteiger partial charge is 0.376 e. The molecule has 32 heavy (non-hydrogen) atoms. The highest BCUT2D eigenvalue weighted by molar-refractivity contribution is 5.88. The minimum Gasteiger partial charge on any atom is -0.376 e. The highest BCUT2D eigenvalue weighted by Crippen LogP contribution is 2.23. The Labute approximate surface area is 187 Å². The smallest absolute Gasteiger partial charge is 0.271 e. The number of hydrogen-bond acceptors (Lipinski definition) is 5. The van der Waals surface area contributed by atoms with Crippen molar-refractivity contribution >= 4 is 17.4 Å². The molecule has 1 aliphatic heterocycles. The van der Waals surface area contributed by atoms with Crippen LogP contribution in [0.2, 0.25) is 0 Å². The first-order valence-electron chi connectivity index (χ1n) is 10.7. The minimum atomic E-state index is -0.177. The monoisotopic (exact) mass is 429 g/mol. The predicted octanol–water partition coefficient (Wildman–Crippen LogP) is 3.29. The minimum absolute atomic E-state index is 0.00396. The maximum absolute atomic E-state index is 12.5. The Kier molecular flexibility index (Phi) is 6.65. The van der Waals surface area contributed by atoms with E-state index in [0.29, 0.717) is 18.8 Å². The van der Waals surface area contributed by atoms with Gasteiger partial charge in [0.2, 0.25) is 5.91 Å². The second-order valence-electron chi connectivity index (χ2n) is 7.82. The SMILES string of the molecule is CNc1cc(-c2c[nH]c(=O)c(NC3CCN(C(=O)/C=C/Cc4ccccc4)C3)c2)ccn1. The molecular formula is C25H27N5O2. The molecule has 0 bridgehead atoms. The summed E-state index contributed by atoms with van der Waals surface area (Å²) >= 11 is 0. The second kappa shape index (κ2) is 9.96. The summed E-state index contributed by atoms with van der Waals surface area (Å²) in [6.07, 6.45) is 8.50. The van der Waals surface area contributed by atoms with Crippen LogP contribution >= 0.6 is 0 Å². The molecule has 164 valence electrons. The number of aromatic amines is 1. The van der Waals surface area contributed by atoms with E-state index in [1.54, 1.807) is 18.5 Å². The molecule has 7 heteroatoms. The van der Waals surface area contributed by atoms with Crippen LogP contribution in [-0.2, 0) is 11.2 Å². The van der Waals surface area contributed by atoms with Gasteiger partial charge in [-0.05, 0) is 48.2 Å². The number of rotatable bonds is 7. The number of allylic oxidation sites excluding steroid dienone is 1. The molecule has 0 saturated carbocycles. The van der Waals surface area contributed by atoms with Crippen LogP contribution in [0.15, 0.2) is 77.9 Å². The van der Waals surface area contributed by atoms with Crippen LogP contribution in [0.5, 0.6) is 0 Å². The Bertz CT molecular complexity index is 1160. The number of amides is 1. The van der Waals surface area contributed by atoms with Crippen molar-refractivity contribution in [2.45, 2.75) is 18.9 Å². The molecule has 3 heterocycles. The van der Waals surface area contributed by atoms with Gasteiger partial charge in [0.25, 0.3) is 5.56 Å². The van der Waals surface area contributed by atoms with E-state index in [-0.39, 0.29) is 17.5 Å². The molecule has 1 atom stereocenters. The van der Waals surface area contributed by atoms with Crippen molar-refractivity contribution in [1.82, 2.24) is 14.9 Å². The van der Waals surface area contributed by atoms with Gasteiger partial charge in [-0.25, -0.2) is 4.98 Å².